The molecule has 1 unspecified atom stereocenters. The molecular formula is C19H19IO. The van der Waals surface area contributed by atoms with Crippen LogP contribution in [0.4, 0.5) is 0 Å². The van der Waals surface area contributed by atoms with Crippen molar-refractivity contribution in [2.24, 2.45) is 0 Å². The van der Waals surface area contributed by atoms with Crippen molar-refractivity contribution in [1.82, 2.24) is 0 Å². The fourth-order valence-electron chi connectivity index (χ4n) is 3.39. The van der Waals surface area contributed by atoms with Crippen LogP contribution in [0.3, 0.4) is 0 Å². The van der Waals surface area contributed by atoms with Crippen LogP contribution < -0.4 is 0 Å². The van der Waals surface area contributed by atoms with Gasteiger partial charge in [-0.1, -0.05) is 90.9 Å². The highest BCUT2D eigenvalue weighted by Gasteiger charge is 2.43. The minimum atomic E-state index is -0.351. The first-order valence-corrected chi connectivity index (χ1v) is 8.62. The van der Waals surface area contributed by atoms with Crippen molar-refractivity contribution in [1.29, 1.82) is 0 Å². The van der Waals surface area contributed by atoms with E-state index < -0.39 is 0 Å². The van der Waals surface area contributed by atoms with Crippen LogP contribution in [-0.4, -0.2) is 9.71 Å². The average Bonchev–Trinajstić information content (AvgIpc) is 2.88. The van der Waals surface area contributed by atoms with E-state index in [2.05, 4.69) is 78.0 Å². The maximum atomic E-state index is 11.9. The van der Waals surface area contributed by atoms with E-state index in [-0.39, 0.29) is 9.34 Å². The second-order valence-corrected chi connectivity index (χ2v) is 7.76. The van der Waals surface area contributed by atoms with Crippen molar-refractivity contribution in [3.05, 3.63) is 59.7 Å². The first-order chi connectivity index (χ1) is 10.2. The van der Waals surface area contributed by atoms with Crippen LogP contribution in [0, 0.1) is 0 Å². The molecule has 0 heterocycles. The molecule has 2 aromatic carbocycles. The molecule has 0 bridgehead atoms. The number of alkyl halides is 1. The minimum absolute atomic E-state index is 0.176. The number of carbonyl (C=O) groups is 1. The van der Waals surface area contributed by atoms with Crippen molar-refractivity contribution < 1.29 is 4.79 Å². The van der Waals surface area contributed by atoms with Gasteiger partial charge in [0, 0.05) is 5.92 Å². The van der Waals surface area contributed by atoms with Crippen LogP contribution in [-0.2, 0) is 4.79 Å². The van der Waals surface area contributed by atoms with Gasteiger partial charge in [0.05, 0.1) is 3.42 Å². The van der Waals surface area contributed by atoms with Gasteiger partial charge in [-0.2, -0.15) is 0 Å². The van der Waals surface area contributed by atoms with Gasteiger partial charge in [-0.15, -0.1) is 0 Å². The van der Waals surface area contributed by atoms with Crippen molar-refractivity contribution in [3.63, 3.8) is 0 Å². The van der Waals surface area contributed by atoms with E-state index >= 15 is 0 Å². The Balaban J connectivity index is 2.15. The van der Waals surface area contributed by atoms with Crippen LogP contribution in [0.1, 0.15) is 43.2 Å². The molecule has 108 valence electrons. The lowest BCUT2D eigenvalue weighted by Gasteiger charge is -2.30. The Morgan fingerprint density at radius 2 is 1.57 bits per heavy atom. The van der Waals surface area contributed by atoms with Gasteiger partial charge in [-0.25, -0.2) is 0 Å². The summed E-state index contributed by atoms with van der Waals surface area (Å²) in [6.45, 7) is 2.18. The Bertz CT molecular complexity index is 619. The van der Waals surface area contributed by atoms with Crippen molar-refractivity contribution in [3.8, 4) is 11.1 Å². The van der Waals surface area contributed by atoms with E-state index in [9.17, 15) is 4.79 Å². The second kappa shape index (κ2) is 5.91. The number of carbonyl (C=O) groups excluding carboxylic acids is 1. The lowest BCUT2D eigenvalue weighted by atomic mass is 9.82. The molecule has 0 N–H and O–H groups in total. The van der Waals surface area contributed by atoms with Crippen LogP contribution >= 0.6 is 22.6 Å². The molecule has 0 amide bonds. The van der Waals surface area contributed by atoms with Gasteiger partial charge in [0.25, 0.3) is 0 Å². The van der Waals surface area contributed by atoms with E-state index in [1.165, 1.54) is 28.5 Å². The number of rotatable bonds is 5. The standard InChI is InChI=1S/C19H19IO/c1-2-3-12-19(20,13-21)18-16-10-6-4-8-14(16)15-9-5-7-11-17(15)18/h4-11,13,18H,2-3,12H2,1H3. The lowest BCUT2D eigenvalue weighted by molar-refractivity contribution is -0.109. The molecule has 2 aromatic rings. The smallest absolute Gasteiger partial charge is 0.136 e. The number of hydrogen-bond acceptors (Lipinski definition) is 1. The predicted octanol–water partition coefficient (Wildman–Crippen LogP) is 5.36. The van der Waals surface area contributed by atoms with E-state index in [1.54, 1.807) is 0 Å². The average molecular weight is 390 g/mol. The molecule has 0 aromatic heterocycles. The Hall–Kier alpha value is -1.16. The van der Waals surface area contributed by atoms with Gasteiger partial charge in [0.15, 0.2) is 0 Å². The molecule has 3 rings (SSSR count). The Kier molecular flexibility index (Phi) is 4.16. The van der Waals surface area contributed by atoms with Gasteiger partial charge in [-0.3, -0.25) is 0 Å². The number of halogens is 1. The third-order valence-corrected chi connectivity index (χ3v) is 5.84. The fourth-order valence-corrected chi connectivity index (χ4v) is 4.44. The largest absolute Gasteiger partial charge is 0.302 e. The summed E-state index contributed by atoms with van der Waals surface area (Å²) in [7, 11) is 0. The summed E-state index contributed by atoms with van der Waals surface area (Å²) < 4.78 is -0.351. The first kappa shape index (κ1) is 14.8. The van der Waals surface area contributed by atoms with Gasteiger partial charge in [0.1, 0.15) is 6.29 Å². The Morgan fingerprint density at radius 1 is 1.05 bits per heavy atom. The summed E-state index contributed by atoms with van der Waals surface area (Å²) >= 11 is 2.39. The third-order valence-electron chi connectivity index (χ3n) is 4.42. The molecule has 0 saturated heterocycles. The highest BCUT2D eigenvalue weighted by Crippen LogP contribution is 2.53. The summed E-state index contributed by atoms with van der Waals surface area (Å²) in [6.07, 6.45) is 4.31. The zero-order chi connectivity index (χ0) is 14.9. The van der Waals surface area contributed by atoms with Gasteiger partial charge >= 0.3 is 0 Å². The van der Waals surface area contributed by atoms with E-state index in [0.717, 1.165) is 19.3 Å². The number of benzene rings is 2. The monoisotopic (exact) mass is 390 g/mol. The normalized spacial score (nSPS) is 16.1. The zero-order valence-corrected chi connectivity index (χ0v) is 14.3. The molecule has 1 atom stereocenters. The van der Waals surface area contributed by atoms with E-state index in [1.807, 2.05) is 0 Å². The third kappa shape index (κ3) is 2.44. The number of aldehydes is 1. The molecule has 2 heteroatoms. The van der Waals surface area contributed by atoms with Crippen molar-refractivity contribution >= 4 is 28.9 Å². The zero-order valence-electron chi connectivity index (χ0n) is 12.2. The molecule has 1 nitrogen and oxygen atoms in total. The summed E-state index contributed by atoms with van der Waals surface area (Å²) in [5.41, 5.74) is 5.18. The summed E-state index contributed by atoms with van der Waals surface area (Å²) in [5, 5.41) is 0. The molecular weight excluding hydrogens is 371 g/mol. The molecule has 0 fully saturated rings. The first-order valence-electron chi connectivity index (χ1n) is 7.54. The molecule has 0 spiro atoms. The molecule has 1 aliphatic carbocycles. The topological polar surface area (TPSA) is 17.1 Å². The Labute approximate surface area is 139 Å². The predicted molar refractivity (Wildman–Crippen MR) is 96.1 cm³/mol. The van der Waals surface area contributed by atoms with Crippen LogP contribution in [0.25, 0.3) is 11.1 Å². The molecule has 0 saturated carbocycles. The van der Waals surface area contributed by atoms with Crippen LogP contribution in [0.5, 0.6) is 0 Å². The van der Waals surface area contributed by atoms with Crippen molar-refractivity contribution in [2.75, 3.05) is 0 Å². The van der Waals surface area contributed by atoms with Gasteiger partial charge in [-0.05, 0) is 28.7 Å². The maximum Gasteiger partial charge on any atom is 0.136 e. The van der Waals surface area contributed by atoms with Crippen LogP contribution in [0.2, 0.25) is 0 Å². The fraction of sp³-hybridized carbons (Fsp3) is 0.316. The SMILES string of the molecule is CCCCC(I)(C=O)C1c2ccccc2-c2ccccc21. The Morgan fingerprint density at radius 3 is 2.05 bits per heavy atom. The van der Waals surface area contributed by atoms with Crippen molar-refractivity contribution in [2.45, 2.75) is 35.5 Å². The second-order valence-electron chi connectivity index (χ2n) is 5.76. The lowest BCUT2D eigenvalue weighted by Crippen LogP contribution is -2.31. The molecule has 0 aliphatic heterocycles. The van der Waals surface area contributed by atoms with Crippen LogP contribution in [0.15, 0.2) is 48.5 Å². The van der Waals surface area contributed by atoms with E-state index in [0.29, 0.717) is 0 Å². The summed E-state index contributed by atoms with van der Waals surface area (Å²) in [6, 6.07) is 17.1. The molecule has 0 radical (unpaired) electrons. The quantitative estimate of drug-likeness (QED) is 0.382. The number of fused-ring (bicyclic) bond motifs is 3. The molecule has 1 aliphatic rings. The summed E-state index contributed by atoms with van der Waals surface area (Å²) in [4.78, 5) is 11.9. The van der Waals surface area contributed by atoms with Gasteiger partial charge in [0.2, 0.25) is 0 Å². The number of hydrogen-bond donors (Lipinski definition) is 0. The summed E-state index contributed by atoms with van der Waals surface area (Å²) in [5.74, 6) is 0.176. The highest BCUT2D eigenvalue weighted by atomic mass is 127. The van der Waals surface area contributed by atoms with Gasteiger partial charge < -0.3 is 4.79 Å². The minimum Gasteiger partial charge on any atom is -0.302 e. The maximum absolute atomic E-state index is 11.9. The van der Waals surface area contributed by atoms with E-state index in [4.69, 9.17) is 0 Å². The highest BCUT2D eigenvalue weighted by molar-refractivity contribution is 14.1. The number of unbranched alkanes of at least 4 members (excludes halogenated alkanes) is 1. The molecule has 21 heavy (non-hydrogen) atoms.